The van der Waals surface area contributed by atoms with Crippen LogP contribution in [0.2, 0.25) is 0 Å². The first-order chi connectivity index (χ1) is 13.1. The molecule has 2 fully saturated rings. The number of para-hydroxylation sites is 1. The zero-order valence-corrected chi connectivity index (χ0v) is 14.7. The van der Waals surface area contributed by atoms with Gasteiger partial charge in [0.1, 0.15) is 11.9 Å². The number of Topliss-reactive ketones (excluding diaryl/α,β-unsaturated/α-hetero) is 1. The summed E-state index contributed by atoms with van der Waals surface area (Å²) in [4.78, 5) is 39.9. The number of fused-ring (bicyclic) bond motifs is 1. The zero-order valence-electron chi connectivity index (χ0n) is 14.7. The topological polar surface area (TPSA) is 89.3 Å². The quantitative estimate of drug-likeness (QED) is 0.588. The third-order valence-electron chi connectivity index (χ3n) is 4.88. The highest BCUT2D eigenvalue weighted by Gasteiger charge is 2.49. The van der Waals surface area contributed by atoms with Crippen LogP contribution in [0.3, 0.4) is 0 Å². The van der Waals surface area contributed by atoms with Crippen LogP contribution in [-0.2, 0) is 16.1 Å². The predicted octanol–water partition coefficient (Wildman–Crippen LogP) is 1.70. The summed E-state index contributed by atoms with van der Waals surface area (Å²) in [6, 6.07) is 10.1. The van der Waals surface area contributed by atoms with Crippen LogP contribution in [0.4, 0.5) is 4.79 Å². The predicted molar refractivity (Wildman–Crippen MR) is 92.2 cm³/mol. The number of amides is 2. The molecule has 2 aromatic rings. The van der Waals surface area contributed by atoms with Crippen LogP contribution in [0.5, 0.6) is 5.75 Å². The minimum absolute atomic E-state index is 0.0000627. The van der Waals surface area contributed by atoms with Crippen molar-refractivity contribution in [1.82, 2.24) is 9.80 Å². The number of methoxy groups -OCH3 is 1. The van der Waals surface area contributed by atoms with E-state index in [2.05, 4.69) is 0 Å². The molecular weight excluding hydrogens is 352 g/mol. The van der Waals surface area contributed by atoms with Gasteiger partial charge in [0.15, 0.2) is 5.76 Å². The molecule has 1 aromatic heterocycles. The molecule has 2 amide bonds. The van der Waals surface area contributed by atoms with Gasteiger partial charge in [0, 0.05) is 12.1 Å². The Balaban J connectivity index is 1.48. The Kier molecular flexibility index (Phi) is 4.31. The molecule has 2 atom stereocenters. The molecule has 27 heavy (non-hydrogen) atoms. The fraction of sp³-hybridized carbons (Fsp3) is 0.316. The minimum atomic E-state index is -0.706. The Morgan fingerprint density at radius 2 is 2.00 bits per heavy atom. The number of ether oxygens (including phenoxy) is 2. The van der Waals surface area contributed by atoms with E-state index >= 15 is 0 Å². The molecule has 4 rings (SSSR count). The summed E-state index contributed by atoms with van der Waals surface area (Å²) in [7, 11) is 1.57. The summed E-state index contributed by atoms with van der Waals surface area (Å²) in [6.07, 6.45) is 0.455. The highest BCUT2D eigenvalue weighted by Crippen LogP contribution is 2.30. The number of furan rings is 1. The standard InChI is InChI=1S/C19H18N2O6/c1-25-14-6-3-2-5-12(14)9-21-13-10-20(11-16(13)27-19(21)24)18(23)17(22)15-7-4-8-26-15/h2-8,13,16H,9-11H2,1H3/t13-,16+/m0/s1. The molecule has 8 nitrogen and oxygen atoms in total. The Bertz CT molecular complexity index is 878. The molecule has 0 unspecified atom stereocenters. The number of rotatable bonds is 5. The lowest BCUT2D eigenvalue weighted by molar-refractivity contribution is -0.126. The molecule has 3 heterocycles. The van der Waals surface area contributed by atoms with Crippen molar-refractivity contribution >= 4 is 17.8 Å². The van der Waals surface area contributed by atoms with Gasteiger partial charge < -0.3 is 18.8 Å². The van der Waals surface area contributed by atoms with Gasteiger partial charge in [-0.1, -0.05) is 18.2 Å². The maximum atomic E-state index is 12.5. The first-order valence-corrected chi connectivity index (χ1v) is 8.54. The first kappa shape index (κ1) is 17.1. The van der Waals surface area contributed by atoms with Crippen molar-refractivity contribution in [3.8, 4) is 5.75 Å². The Labute approximate surface area is 155 Å². The summed E-state index contributed by atoms with van der Waals surface area (Å²) < 4.78 is 15.8. The second-order valence-electron chi connectivity index (χ2n) is 6.45. The monoisotopic (exact) mass is 370 g/mol. The van der Waals surface area contributed by atoms with Gasteiger partial charge in [-0.15, -0.1) is 0 Å². The van der Waals surface area contributed by atoms with Crippen LogP contribution >= 0.6 is 0 Å². The van der Waals surface area contributed by atoms with E-state index in [4.69, 9.17) is 13.9 Å². The van der Waals surface area contributed by atoms with Crippen LogP contribution < -0.4 is 4.74 Å². The molecule has 8 heteroatoms. The molecule has 2 aliphatic rings. The molecule has 140 valence electrons. The number of ketones is 1. The van der Waals surface area contributed by atoms with Crippen molar-refractivity contribution in [3.63, 3.8) is 0 Å². The molecule has 2 aliphatic heterocycles. The molecule has 0 radical (unpaired) electrons. The summed E-state index contributed by atoms with van der Waals surface area (Å²) in [6.45, 7) is 0.721. The smallest absolute Gasteiger partial charge is 0.410 e. The van der Waals surface area contributed by atoms with Gasteiger partial charge in [-0.3, -0.25) is 14.5 Å². The average Bonchev–Trinajstić information content (AvgIpc) is 3.40. The lowest BCUT2D eigenvalue weighted by Crippen LogP contribution is -2.40. The molecule has 0 N–H and O–H groups in total. The zero-order chi connectivity index (χ0) is 19.0. The molecule has 0 spiro atoms. The van der Waals surface area contributed by atoms with Gasteiger partial charge in [0.25, 0.3) is 11.7 Å². The van der Waals surface area contributed by atoms with Crippen molar-refractivity contribution in [2.24, 2.45) is 0 Å². The number of benzene rings is 1. The number of nitrogens with zero attached hydrogens (tertiary/aromatic N) is 2. The number of likely N-dealkylation sites (tertiary alicyclic amines) is 1. The summed E-state index contributed by atoms with van der Waals surface area (Å²) >= 11 is 0. The molecule has 1 aromatic carbocycles. The van der Waals surface area contributed by atoms with E-state index in [1.165, 1.54) is 17.2 Å². The average molecular weight is 370 g/mol. The Hall–Kier alpha value is -3.29. The van der Waals surface area contributed by atoms with Crippen LogP contribution in [0.25, 0.3) is 0 Å². The fourth-order valence-electron chi connectivity index (χ4n) is 3.53. The van der Waals surface area contributed by atoms with E-state index in [9.17, 15) is 14.4 Å². The second-order valence-corrected chi connectivity index (χ2v) is 6.45. The number of hydrogen-bond acceptors (Lipinski definition) is 6. The maximum Gasteiger partial charge on any atom is 0.410 e. The normalized spacial score (nSPS) is 21.1. The first-order valence-electron chi connectivity index (χ1n) is 8.54. The fourth-order valence-corrected chi connectivity index (χ4v) is 3.53. The Morgan fingerprint density at radius 1 is 1.19 bits per heavy atom. The number of carbonyl (C=O) groups excluding carboxylic acids is 3. The van der Waals surface area contributed by atoms with Crippen molar-refractivity contribution in [3.05, 3.63) is 54.0 Å². The van der Waals surface area contributed by atoms with Gasteiger partial charge in [-0.2, -0.15) is 0 Å². The third kappa shape index (κ3) is 3.03. The summed E-state index contributed by atoms with van der Waals surface area (Å²) in [5, 5.41) is 0. The van der Waals surface area contributed by atoms with Crippen molar-refractivity contribution in [2.45, 2.75) is 18.7 Å². The highest BCUT2D eigenvalue weighted by molar-refractivity contribution is 6.42. The largest absolute Gasteiger partial charge is 0.496 e. The van der Waals surface area contributed by atoms with E-state index in [0.29, 0.717) is 12.3 Å². The lowest BCUT2D eigenvalue weighted by Gasteiger charge is -2.23. The van der Waals surface area contributed by atoms with Gasteiger partial charge in [-0.05, 0) is 18.2 Å². The van der Waals surface area contributed by atoms with Gasteiger partial charge in [0.05, 0.1) is 32.5 Å². The van der Waals surface area contributed by atoms with Crippen molar-refractivity contribution in [1.29, 1.82) is 0 Å². The SMILES string of the molecule is COc1ccccc1CN1C(=O)O[C@@H]2CN(C(=O)C(=O)c3ccco3)C[C@@H]21. The van der Waals surface area contributed by atoms with Crippen LogP contribution in [-0.4, -0.2) is 59.9 Å². The lowest BCUT2D eigenvalue weighted by atomic mass is 10.1. The van der Waals surface area contributed by atoms with E-state index in [-0.39, 0.29) is 24.9 Å². The van der Waals surface area contributed by atoms with E-state index in [0.717, 1.165) is 5.56 Å². The molecule has 0 saturated carbocycles. The minimum Gasteiger partial charge on any atom is -0.496 e. The number of hydrogen-bond donors (Lipinski definition) is 0. The third-order valence-corrected chi connectivity index (χ3v) is 4.88. The maximum absolute atomic E-state index is 12.5. The van der Waals surface area contributed by atoms with E-state index in [1.807, 2.05) is 24.3 Å². The second kappa shape index (κ2) is 6.79. The summed E-state index contributed by atoms with van der Waals surface area (Å²) in [5.41, 5.74) is 0.842. The van der Waals surface area contributed by atoms with Crippen LogP contribution in [0, 0.1) is 0 Å². The summed E-state index contributed by atoms with van der Waals surface area (Å²) in [5.74, 6) is -0.692. The van der Waals surface area contributed by atoms with E-state index in [1.54, 1.807) is 18.1 Å². The Morgan fingerprint density at radius 3 is 2.74 bits per heavy atom. The van der Waals surface area contributed by atoms with Gasteiger partial charge in [-0.25, -0.2) is 4.79 Å². The molecule has 2 saturated heterocycles. The van der Waals surface area contributed by atoms with Gasteiger partial charge >= 0.3 is 6.09 Å². The van der Waals surface area contributed by atoms with Crippen molar-refractivity contribution < 1.29 is 28.3 Å². The van der Waals surface area contributed by atoms with Crippen LogP contribution in [0.15, 0.2) is 47.1 Å². The molecule has 0 bridgehead atoms. The van der Waals surface area contributed by atoms with Crippen LogP contribution in [0.1, 0.15) is 16.1 Å². The molecule has 0 aliphatic carbocycles. The van der Waals surface area contributed by atoms with E-state index < -0.39 is 23.9 Å². The highest BCUT2D eigenvalue weighted by atomic mass is 16.6. The van der Waals surface area contributed by atoms with Gasteiger partial charge in [0.2, 0.25) is 0 Å². The van der Waals surface area contributed by atoms with Crippen molar-refractivity contribution in [2.75, 3.05) is 20.2 Å². The molecular formula is C19H18N2O6. The number of carbonyl (C=O) groups is 3.